The van der Waals surface area contributed by atoms with Crippen molar-refractivity contribution >= 4 is 11.9 Å². The number of likely N-dealkylation sites (tertiary alicyclic amines) is 1. The molecule has 0 spiro atoms. The predicted molar refractivity (Wildman–Crippen MR) is 87.5 cm³/mol. The molecule has 1 unspecified atom stereocenters. The van der Waals surface area contributed by atoms with Crippen LogP contribution < -0.4 is 5.32 Å². The van der Waals surface area contributed by atoms with E-state index in [1.807, 2.05) is 4.90 Å². The molecule has 0 saturated carbocycles. The molecule has 1 atom stereocenters. The quantitative estimate of drug-likeness (QED) is 0.810. The molecule has 1 saturated heterocycles. The molecule has 0 aromatic rings. The number of nitrogens with zero attached hydrogens (tertiary/aromatic N) is 2. The van der Waals surface area contributed by atoms with Crippen LogP contribution in [0.2, 0.25) is 0 Å². The summed E-state index contributed by atoms with van der Waals surface area (Å²) < 4.78 is 0. The minimum absolute atomic E-state index is 0.0620. The molecule has 1 aliphatic heterocycles. The molecule has 1 fully saturated rings. The van der Waals surface area contributed by atoms with Gasteiger partial charge in [0.15, 0.2) is 0 Å². The Morgan fingerprint density at radius 1 is 1.14 bits per heavy atom. The number of carbonyl (C=O) groups is 2. The Balaban J connectivity index is 1.66. The van der Waals surface area contributed by atoms with E-state index in [9.17, 15) is 9.59 Å². The number of nitrogens with one attached hydrogen (secondary N) is 1. The van der Waals surface area contributed by atoms with E-state index in [0.717, 1.165) is 45.3 Å². The molecule has 2 aliphatic rings. The van der Waals surface area contributed by atoms with Crippen LogP contribution in [-0.4, -0.2) is 55.5 Å². The highest BCUT2D eigenvalue weighted by atomic mass is 16.2. The topological polar surface area (TPSA) is 52.7 Å². The van der Waals surface area contributed by atoms with E-state index in [1.54, 1.807) is 19.0 Å². The number of allylic oxidation sites excluding steroid dienone is 2. The first kappa shape index (κ1) is 16.8. The van der Waals surface area contributed by atoms with E-state index in [-0.39, 0.29) is 11.9 Å². The summed E-state index contributed by atoms with van der Waals surface area (Å²) in [5.41, 5.74) is 0. The standard InChI is InChI=1S/C17H29N3O2/c1-19(2)16(21)12-14-8-10-20(11-9-14)17(22)18-13-15-6-4-3-5-7-15/h3-4,14-15H,5-13H2,1-2H3,(H,18,22). The fraction of sp³-hybridized carbons (Fsp3) is 0.765. The third-order valence-electron chi connectivity index (χ3n) is 4.78. The lowest BCUT2D eigenvalue weighted by Gasteiger charge is -2.32. The molecule has 0 bridgehead atoms. The van der Waals surface area contributed by atoms with E-state index < -0.39 is 0 Å². The van der Waals surface area contributed by atoms with Crippen LogP contribution in [0.25, 0.3) is 0 Å². The van der Waals surface area contributed by atoms with Gasteiger partial charge in [-0.3, -0.25) is 4.79 Å². The average molecular weight is 307 g/mol. The molecule has 0 aromatic heterocycles. The zero-order valence-electron chi connectivity index (χ0n) is 13.9. The van der Waals surface area contributed by atoms with Crippen molar-refractivity contribution in [3.8, 4) is 0 Å². The van der Waals surface area contributed by atoms with Crippen LogP contribution in [0.15, 0.2) is 12.2 Å². The number of urea groups is 1. The maximum absolute atomic E-state index is 12.2. The van der Waals surface area contributed by atoms with E-state index in [4.69, 9.17) is 0 Å². The first-order valence-corrected chi connectivity index (χ1v) is 8.44. The van der Waals surface area contributed by atoms with Crippen molar-refractivity contribution in [2.24, 2.45) is 11.8 Å². The zero-order valence-corrected chi connectivity index (χ0v) is 13.9. The summed E-state index contributed by atoms with van der Waals surface area (Å²) in [5.74, 6) is 1.19. The average Bonchev–Trinajstić information content (AvgIpc) is 2.54. The maximum Gasteiger partial charge on any atom is 0.317 e. The molecule has 0 aromatic carbocycles. The fourth-order valence-corrected chi connectivity index (χ4v) is 3.15. The van der Waals surface area contributed by atoms with Gasteiger partial charge < -0.3 is 15.1 Å². The fourth-order valence-electron chi connectivity index (χ4n) is 3.15. The van der Waals surface area contributed by atoms with Gasteiger partial charge in [-0.1, -0.05) is 12.2 Å². The highest BCUT2D eigenvalue weighted by Gasteiger charge is 2.25. The van der Waals surface area contributed by atoms with Gasteiger partial charge in [-0.25, -0.2) is 4.79 Å². The Morgan fingerprint density at radius 3 is 2.45 bits per heavy atom. The van der Waals surface area contributed by atoms with Crippen LogP contribution in [0, 0.1) is 11.8 Å². The van der Waals surface area contributed by atoms with Gasteiger partial charge >= 0.3 is 6.03 Å². The largest absolute Gasteiger partial charge is 0.349 e. The van der Waals surface area contributed by atoms with Crippen molar-refractivity contribution in [2.45, 2.75) is 38.5 Å². The molecule has 2 rings (SSSR count). The van der Waals surface area contributed by atoms with Gasteiger partial charge in [0.25, 0.3) is 0 Å². The summed E-state index contributed by atoms with van der Waals surface area (Å²) in [6, 6.07) is 0.0620. The van der Waals surface area contributed by atoms with Crippen molar-refractivity contribution in [3.63, 3.8) is 0 Å². The molecule has 5 nitrogen and oxygen atoms in total. The number of carbonyl (C=O) groups excluding carboxylic acids is 2. The first-order chi connectivity index (χ1) is 10.6. The summed E-state index contributed by atoms with van der Waals surface area (Å²) in [5, 5.41) is 3.07. The van der Waals surface area contributed by atoms with E-state index in [1.165, 1.54) is 6.42 Å². The number of amides is 3. The normalized spacial score (nSPS) is 22.5. The molecule has 5 heteroatoms. The van der Waals surface area contributed by atoms with Crippen LogP contribution in [0.5, 0.6) is 0 Å². The Labute approximate surface area is 133 Å². The molecule has 22 heavy (non-hydrogen) atoms. The summed E-state index contributed by atoms with van der Waals surface area (Å²) >= 11 is 0. The van der Waals surface area contributed by atoms with Crippen LogP contribution in [0.4, 0.5) is 4.79 Å². The minimum Gasteiger partial charge on any atom is -0.349 e. The predicted octanol–water partition coefficient (Wildman–Crippen LogP) is 2.24. The third kappa shape index (κ3) is 5.04. The summed E-state index contributed by atoms with van der Waals surface area (Å²) in [4.78, 5) is 27.5. The molecule has 0 radical (unpaired) electrons. The van der Waals surface area contributed by atoms with Gasteiger partial charge in [-0.15, -0.1) is 0 Å². The van der Waals surface area contributed by atoms with Crippen LogP contribution >= 0.6 is 0 Å². The second-order valence-electron chi connectivity index (χ2n) is 6.76. The van der Waals surface area contributed by atoms with Crippen molar-refractivity contribution < 1.29 is 9.59 Å². The minimum atomic E-state index is 0.0620. The van der Waals surface area contributed by atoms with E-state index in [0.29, 0.717) is 18.3 Å². The summed E-state index contributed by atoms with van der Waals surface area (Å²) in [6.07, 6.45) is 10.3. The van der Waals surface area contributed by atoms with Crippen LogP contribution in [0.1, 0.15) is 38.5 Å². The summed E-state index contributed by atoms with van der Waals surface area (Å²) in [7, 11) is 3.59. The molecule has 1 heterocycles. The van der Waals surface area contributed by atoms with Crippen molar-refractivity contribution in [1.29, 1.82) is 0 Å². The number of hydrogen-bond acceptors (Lipinski definition) is 2. The lowest BCUT2D eigenvalue weighted by Crippen LogP contribution is -2.46. The van der Waals surface area contributed by atoms with Crippen LogP contribution in [0.3, 0.4) is 0 Å². The van der Waals surface area contributed by atoms with E-state index >= 15 is 0 Å². The summed E-state index contributed by atoms with van der Waals surface area (Å²) in [6.45, 7) is 2.31. The molecule has 1 aliphatic carbocycles. The van der Waals surface area contributed by atoms with Crippen molar-refractivity contribution in [3.05, 3.63) is 12.2 Å². The highest BCUT2D eigenvalue weighted by molar-refractivity contribution is 5.76. The van der Waals surface area contributed by atoms with E-state index in [2.05, 4.69) is 17.5 Å². The number of piperidine rings is 1. The zero-order chi connectivity index (χ0) is 15.9. The molecule has 1 N–H and O–H groups in total. The van der Waals surface area contributed by atoms with Gasteiger partial charge in [0.1, 0.15) is 0 Å². The maximum atomic E-state index is 12.2. The Kier molecular flexibility index (Phi) is 6.28. The molecule has 124 valence electrons. The van der Waals surface area contributed by atoms with Crippen LogP contribution in [-0.2, 0) is 4.79 Å². The molecular formula is C17H29N3O2. The van der Waals surface area contributed by atoms with Crippen molar-refractivity contribution in [2.75, 3.05) is 33.7 Å². The van der Waals surface area contributed by atoms with Gasteiger partial charge in [0, 0.05) is 40.2 Å². The van der Waals surface area contributed by atoms with Gasteiger partial charge in [0.05, 0.1) is 0 Å². The first-order valence-electron chi connectivity index (χ1n) is 8.44. The second-order valence-corrected chi connectivity index (χ2v) is 6.76. The second kappa shape index (κ2) is 8.20. The van der Waals surface area contributed by atoms with Gasteiger partial charge in [0.2, 0.25) is 5.91 Å². The Morgan fingerprint density at radius 2 is 1.86 bits per heavy atom. The lowest BCUT2D eigenvalue weighted by molar-refractivity contribution is -0.129. The number of rotatable bonds is 4. The van der Waals surface area contributed by atoms with Crippen molar-refractivity contribution in [1.82, 2.24) is 15.1 Å². The van der Waals surface area contributed by atoms with Gasteiger partial charge in [-0.05, 0) is 43.9 Å². The SMILES string of the molecule is CN(C)C(=O)CC1CCN(C(=O)NCC2CC=CCC2)CC1. The monoisotopic (exact) mass is 307 g/mol. The number of hydrogen-bond donors (Lipinski definition) is 1. The third-order valence-corrected chi connectivity index (χ3v) is 4.78. The molecular weight excluding hydrogens is 278 g/mol. The van der Waals surface area contributed by atoms with Gasteiger partial charge in [-0.2, -0.15) is 0 Å². The Hall–Kier alpha value is -1.52. The Bertz CT molecular complexity index is 412. The highest BCUT2D eigenvalue weighted by Crippen LogP contribution is 2.21. The molecule has 3 amide bonds. The lowest BCUT2D eigenvalue weighted by atomic mass is 9.93. The smallest absolute Gasteiger partial charge is 0.317 e.